The van der Waals surface area contributed by atoms with Gasteiger partial charge in [0.25, 0.3) is 0 Å². The van der Waals surface area contributed by atoms with E-state index < -0.39 is 0 Å². The summed E-state index contributed by atoms with van der Waals surface area (Å²) in [4.78, 5) is 7.63. The highest BCUT2D eigenvalue weighted by Gasteiger charge is 2.04. The van der Waals surface area contributed by atoms with Crippen molar-refractivity contribution in [2.45, 2.75) is 13.5 Å². The van der Waals surface area contributed by atoms with E-state index in [1.165, 1.54) is 10.6 Å². The van der Waals surface area contributed by atoms with Gasteiger partial charge in [0.05, 0.1) is 22.9 Å². The van der Waals surface area contributed by atoms with E-state index in [0.717, 1.165) is 17.2 Å². The van der Waals surface area contributed by atoms with E-state index in [-0.39, 0.29) is 0 Å². The molecule has 0 unspecified atom stereocenters. The van der Waals surface area contributed by atoms with Gasteiger partial charge in [-0.15, -0.1) is 11.3 Å². The first-order chi connectivity index (χ1) is 8.16. The van der Waals surface area contributed by atoms with Crippen LogP contribution in [0.1, 0.15) is 9.88 Å². The van der Waals surface area contributed by atoms with Gasteiger partial charge in [-0.1, -0.05) is 12.1 Å². The van der Waals surface area contributed by atoms with Crippen LogP contribution in [0.2, 0.25) is 0 Å². The van der Waals surface area contributed by atoms with Gasteiger partial charge in [0.15, 0.2) is 0 Å². The predicted octanol–water partition coefficient (Wildman–Crippen LogP) is 3.13. The van der Waals surface area contributed by atoms with Crippen molar-refractivity contribution in [1.82, 2.24) is 4.98 Å². The normalized spacial score (nSPS) is 10.3. The molecule has 0 saturated heterocycles. The van der Waals surface area contributed by atoms with Crippen molar-refractivity contribution in [2.75, 3.05) is 24.3 Å². The number of hydrogen-bond acceptors (Lipinski definition) is 4. The molecule has 1 N–H and O–H groups in total. The minimum atomic E-state index is 0.830. The second-order valence-electron chi connectivity index (χ2n) is 4.11. The van der Waals surface area contributed by atoms with Gasteiger partial charge in [-0.05, 0) is 19.1 Å². The largest absolute Gasteiger partial charge is 0.378 e. The van der Waals surface area contributed by atoms with Crippen molar-refractivity contribution in [1.29, 1.82) is 0 Å². The van der Waals surface area contributed by atoms with E-state index in [9.17, 15) is 0 Å². The average Bonchev–Trinajstić information content (AvgIpc) is 2.73. The van der Waals surface area contributed by atoms with E-state index in [0.29, 0.717) is 0 Å². The molecule has 2 aromatic rings. The number of para-hydroxylation sites is 2. The first-order valence-corrected chi connectivity index (χ1v) is 6.40. The number of hydrogen-bond donors (Lipinski definition) is 1. The Balaban J connectivity index is 2.08. The van der Waals surface area contributed by atoms with Gasteiger partial charge >= 0.3 is 0 Å². The van der Waals surface area contributed by atoms with E-state index in [1.54, 1.807) is 11.3 Å². The fourth-order valence-electron chi connectivity index (χ4n) is 1.68. The van der Waals surface area contributed by atoms with E-state index >= 15 is 0 Å². The lowest BCUT2D eigenvalue weighted by atomic mass is 10.2. The quantitative estimate of drug-likeness (QED) is 0.899. The Labute approximate surface area is 106 Å². The molecular weight excluding hydrogens is 230 g/mol. The monoisotopic (exact) mass is 247 g/mol. The first-order valence-electron chi connectivity index (χ1n) is 5.58. The highest BCUT2D eigenvalue weighted by atomic mass is 32.1. The third-order valence-electron chi connectivity index (χ3n) is 2.51. The Morgan fingerprint density at radius 2 is 2.06 bits per heavy atom. The molecule has 4 heteroatoms. The Hall–Kier alpha value is -1.55. The van der Waals surface area contributed by atoms with Crippen molar-refractivity contribution >= 4 is 22.7 Å². The van der Waals surface area contributed by atoms with Gasteiger partial charge in [0.2, 0.25) is 0 Å². The second-order valence-corrected chi connectivity index (χ2v) is 5.43. The third-order valence-corrected chi connectivity index (χ3v) is 3.42. The second kappa shape index (κ2) is 5.19. The summed E-state index contributed by atoms with van der Waals surface area (Å²) in [6.07, 6.45) is 1.94. The van der Waals surface area contributed by atoms with Crippen LogP contribution < -0.4 is 10.2 Å². The molecular formula is C13H17N3S. The number of thiazole rings is 1. The first kappa shape index (κ1) is 11.9. The maximum absolute atomic E-state index is 4.25. The fraction of sp³-hybridized carbons (Fsp3) is 0.308. The lowest BCUT2D eigenvalue weighted by Crippen LogP contribution is -2.11. The number of rotatable bonds is 4. The molecule has 2 rings (SSSR count). The van der Waals surface area contributed by atoms with Gasteiger partial charge < -0.3 is 10.2 Å². The minimum absolute atomic E-state index is 0.830. The lowest BCUT2D eigenvalue weighted by molar-refractivity contribution is 1.11. The summed E-state index contributed by atoms with van der Waals surface area (Å²) in [6.45, 7) is 2.86. The number of aromatic nitrogens is 1. The number of benzene rings is 1. The molecule has 1 heterocycles. The van der Waals surface area contributed by atoms with Crippen LogP contribution in [0.15, 0.2) is 30.5 Å². The maximum Gasteiger partial charge on any atom is 0.0897 e. The molecule has 0 radical (unpaired) electrons. The summed E-state index contributed by atoms with van der Waals surface area (Å²) in [6, 6.07) is 8.31. The van der Waals surface area contributed by atoms with Crippen molar-refractivity contribution in [3.63, 3.8) is 0 Å². The minimum Gasteiger partial charge on any atom is -0.378 e. The topological polar surface area (TPSA) is 28.2 Å². The molecule has 1 aromatic carbocycles. The zero-order valence-corrected chi connectivity index (χ0v) is 11.2. The van der Waals surface area contributed by atoms with Gasteiger partial charge in [-0.25, -0.2) is 4.98 Å². The number of nitrogens with zero attached hydrogens (tertiary/aromatic N) is 2. The molecule has 0 amide bonds. The van der Waals surface area contributed by atoms with Gasteiger partial charge in [0, 0.05) is 25.2 Å². The molecule has 0 aliphatic heterocycles. The molecule has 0 bridgehead atoms. The van der Waals surface area contributed by atoms with E-state index in [1.807, 2.05) is 19.2 Å². The molecule has 0 saturated carbocycles. The number of aryl methyl sites for hydroxylation is 1. The molecule has 0 atom stereocenters. The van der Waals surface area contributed by atoms with Gasteiger partial charge in [-0.2, -0.15) is 0 Å². The van der Waals surface area contributed by atoms with E-state index in [4.69, 9.17) is 0 Å². The predicted molar refractivity (Wildman–Crippen MR) is 74.9 cm³/mol. The molecule has 17 heavy (non-hydrogen) atoms. The van der Waals surface area contributed by atoms with Crippen molar-refractivity contribution in [3.8, 4) is 0 Å². The molecule has 0 aliphatic rings. The average molecular weight is 247 g/mol. The van der Waals surface area contributed by atoms with Gasteiger partial charge in [0.1, 0.15) is 0 Å². The highest BCUT2D eigenvalue weighted by Crippen LogP contribution is 2.24. The molecule has 0 spiro atoms. The van der Waals surface area contributed by atoms with Crippen LogP contribution in [0, 0.1) is 6.92 Å². The molecule has 0 aliphatic carbocycles. The summed E-state index contributed by atoms with van der Waals surface area (Å²) < 4.78 is 0. The Morgan fingerprint density at radius 1 is 1.29 bits per heavy atom. The summed E-state index contributed by atoms with van der Waals surface area (Å²) >= 11 is 1.73. The fourth-order valence-corrected chi connectivity index (χ4v) is 2.42. The maximum atomic E-state index is 4.25. The van der Waals surface area contributed by atoms with Crippen LogP contribution >= 0.6 is 11.3 Å². The Morgan fingerprint density at radius 3 is 2.71 bits per heavy atom. The Bertz CT molecular complexity index is 491. The third kappa shape index (κ3) is 2.97. The standard InChI is InChI=1S/C13H17N3S/c1-10-14-8-11(17-10)9-15-12-6-4-5-7-13(12)16(2)3/h4-8,15H,9H2,1-3H3. The van der Waals surface area contributed by atoms with Crippen molar-refractivity contribution in [2.24, 2.45) is 0 Å². The lowest BCUT2D eigenvalue weighted by Gasteiger charge is -2.17. The summed E-state index contributed by atoms with van der Waals surface area (Å²) in [7, 11) is 4.11. The number of anilines is 2. The summed E-state index contributed by atoms with van der Waals surface area (Å²) in [5.74, 6) is 0. The van der Waals surface area contributed by atoms with Crippen LogP contribution in [-0.2, 0) is 6.54 Å². The highest BCUT2D eigenvalue weighted by molar-refractivity contribution is 7.11. The van der Waals surface area contributed by atoms with Crippen LogP contribution in [-0.4, -0.2) is 19.1 Å². The summed E-state index contributed by atoms with van der Waals surface area (Å²) in [5.41, 5.74) is 2.36. The van der Waals surface area contributed by atoms with Crippen molar-refractivity contribution < 1.29 is 0 Å². The number of nitrogens with one attached hydrogen (secondary N) is 1. The van der Waals surface area contributed by atoms with Gasteiger partial charge in [-0.3, -0.25) is 0 Å². The van der Waals surface area contributed by atoms with Crippen LogP contribution in [0.4, 0.5) is 11.4 Å². The zero-order chi connectivity index (χ0) is 12.3. The smallest absolute Gasteiger partial charge is 0.0897 e. The zero-order valence-electron chi connectivity index (χ0n) is 10.4. The summed E-state index contributed by atoms with van der Waals surface area (Å²) in [5, 5.41) is 4.57. The molecule has 0 fully saturated rings. The molecule has 3 nitrogen and oxygen atoms in total. The van der Waals surface area contributed by atoms with Crippen LogP contribution in [0.25, 0.3) is 0 Å². The molecule has 90 valence electrons. The van der Waals surface area contributed by atoms with Crippen molar-refractivity contribution in [3.05, 3.63) is 40.3 Å². The van der Waals surface area contributed by atoms with Crippen LogP contribution in [0.5, 0.6) is 0 Å². The van der Waals surface area contributed by atoms with E-state index in [2.05, 4.69) is 47.5 Å². The SMILES string of the molecule is Cc1ncc(CNc2ccccc2N(C)C)s1. The molecule has 1 aromatic heterocycles. The van der Waals surface area contributed by atoms with Crippen LogP contribution in [0.3, 0.4) is 0 Å². The Kier molecular flexibility index (Phi) is 3.64.